The Morgan fingerprint density at radius 1 is 0.958 bits per heavy atom. The molecule has 2 aromatic rings. The molecule has 0 aliphatic carbocycles. The van der Waals surface area contributed by atoms with Gasteiger partial charge in [0, 0.05) is 5.56 Å². The molecule has 1 aliphatic heterocycles. The zero-order chi connectivity index (χ0) is 17.3. The molecule has 0 amide bonds. The van der Waals surface area contributed by atoms with Gasteiger partial charge in [0.1, 0.15) is 0 Å². The maximum Gasteiger partial charge on any atom is 0.363 e. The van der Waals surface area contributed by atoms with Crippen molar-refractivity contribution in [3.05, 3.63) is 76.5 Å². The minimum Gasteiger partial charge on any atom is -0.402 e. The van der Waals surface area contributed by atoms with Gasteiger partial charge in [0.2, 0.25) is 5.90 Å². The van der Waals surface area contributed by atoms with Crippen LogP contribution in [0.5, 0.6) is 0 Å². The van der Waals surface area contributed by atoms with E-state index in [0.717, 1.165) is 16.7 Å². The van der Waals surface area contributed by atoms with Crippen LogP contribution in [-0.2, 0) is 14.9 Å². The summed E-state index contributed by atoms with van der Waals surface area (Å²) in [6.07, 6.45) is 1.76. The largest absolute Gasteiger partial charge is 0.402 e. The second-order valence-electron chi connectivity index (χ2n) is 7.07. The summed E-state index contributed by atoms with van der Waals surface area (Å²) in [4.78, 5) is 16.4. The molecule has 24 heavy (non-hydrogen) atoms. The van der Waals surface area contributed by atoms with Crippen LogP contribution in [0.1, 0.15) is 43.0 Å². The summed E-state index contributed by atoms with van der Waals surface area (Å²) in [7, 11) is 0. The van der Waals surface area contributed by atoms with Gasteiger partial charge < -0.3 is 4.74 Å². The number of hydrogen-bond donors (Lipinski definition) is 0. The number of ether oxygens (including phenoxy) is 1. The van der Waals surface area contributed by atoms with Crippen LogP contribution in [0.4, 0.5) is 0 Å². The van der Waals surface area contributed by atoms with Crippen molar-refractivity contribution in [1.82, 2.24) is 0 Å². The van der Waals surface area contributed by atoms with E-state index in [1.165, 1.54) is 5.56 Å². The molecule has 2 aromatic carbocycles. The molecular formula is C21H21NO2. The van der Waals surface area contributed by atoms with Crippen molar-refractivity contribution in [3.63, 3.8) is 0 Å². The molecule has 3 rings (SSSR count). The Morgan fingerprint density at radius 3 is 2.17 bits per heavy atom. The number of esters is 1. The average molecular weight is 319 g/mol. The number of benzene rings is 2. The van der Waals surface area contributed by atoms with Crippen LogP contribution in [0, 0.1) is 6.92 Å². The maximum atomic E-state index is 12.1. The summed E-state index contributed by atoms with van der Waals surface area (Å²) in [5, 5.41) is 0. The fourth-order valence-corrected chi connectivity index (χ4v) is 2.47. The molecule has 0 N–H and O–H groups in total. The molecule has 3 nitrogen and oxygen atoms in total. The highest BCUT2D eigenvalue weighted by atomic mass is 16.6. The van der Waals surface area contributed by atoms with Gasteiger partial charge in [-0.2, -0.15) is 0 Å². The smallest absolute Gasteiger partial charge is 0.363 e. The molecule has 0 fully saturated rings. The van der Waals surface area contributed by atoms with Crippen molar-refractivity contribution in [1.29, 1.82) is 0 Å². The van der Waals surface area contributed by atoms with E-state index in [1.807, 2.05) is 43.3 Å². The molecule has 0 radical (unpaired) electrons. The monoisotopic (exact) mass is 319 g/mol. The van der Waals surface area contributed by atoms with Gasteiger partial charge >= 0.3 is 5.97 Å². The van der Waals surface area contributed by atoms with Crippen LogP contribution in [0.15, 0.2) is 59.2 Å². The predicted molar refractivity (Wildman–Crippen MR) is 96.9 cm³/mol. The first-order chi connectivity index (χ1) is 11.3. The molecule has 0 aromatic heterocycles. The van der Waals surface area contributed by atoms with E-state index < -0.39 is 5.97 Å². The third-order valence-corrected chi connectivity index (χ3v) is 4.00. The molecule has 0 unspecified atom stereocenters. The van der Waals surface area contributed by atoms with E-state index in [2.05, 4.69) is 37.9 Å². The van der Waals surface area contributed by atoms with Crippen molar-refractivity contribution in [2.24, 2.45) is 4.99 Å². The average Bonchev–Trinajstić information content (AvgIpc) is 2.89. The van der Waals surface area contributed by atoms with Crippen molar-refractivity contribution in [2.45, 2.75) is 33.1 Å². The molecule has 1 heterocycles. The number of cyclic esters (lactones) is 1. The number of aliphatic imine (C=N–C) groups is 1. The summed E-state index contributed by atoms with van der Waals surface area (Å²) in [6.45, 7) is 8.53. The first kappa shape index (κ1) is 16.2. The second-order valence-corrected chi connectivity index (χ2v) is 7.07. The van der Waals surface area contributed by atoms with Crippen LogP contribution in [-0.4, -0.2) is 11.9 Å². The Balaban J connectivity index is 1.87. The summed E-state index contributed by atoms with van der Waals surface area (Å²) >= 11 is 0. The lowest BCUT2D eigenvalue weighted by Crippen LogP contribution is -2.10. The fraction of sp³-hybridized carbons (Fsp3) is 0.238. The van der Waals surface area contributed by atoms with Crippen LogP contribution in [0.25, 0.3) is 6.08 Å². The van der Waals surface area contributed by atoms with Crippen molar-refractivity contribution in [3.8, 4) is 0 Å². The van der Waals surface area contributed by atoms with Crippen LogP contribution in [0.2, 0.25) is 0 Å². The number of nitrogens with zero attached hydrogens (tertiary/aromatic N) is 1. The van der Waals surface area contributed by atoms with E-state index in [0.29, 0.717) is 11.6 Å². The van der Waals surface area contributed by atoms with Gasteiger partial charge in [-0.25, -0.2) is 9.79 Å². The van der Waals surface area contributed by atoms with Crippen LogP contribution < -0.4 is 0 Å². The molecule has 1 aliphatic rings. The summed E-state index contributed by atoms with van der Waals surface area (Å²) in [6, 6.07) is 15.9. The van der Waals surface area contributed by atoms with E-state index >= 15 is 0 Å². The zero-order valence-electron chi connectivity index (χ0n) is 14.5. The molecule has 0 saturated carbocycles. The Hall–Kier alpha value is -2.68. The van der Waals surface area contributed by atoms with E-state index in [1.54, 1.807) is 6.08 Å². The Labute approximate surface area is 142 Å². The predicted octanol–water partition coefficient (Wildman–Crippen LogP) is 4.64. The SMILES string of the molecule is Cc1ccc(C2=NC(=Cc3ccc(C(C)(C)C)cc3)C(=O)O2)cc1. The topological polar surface area (TPSA) is 38.7 Å². The Kier molecular flexibility index (Phi) is 4.10. The minimum absolute atomic E-state index is 0.106. The van der Waals surface area contributed by atoms with Crippen molar-refractivity contribution < 1.29 is 9.53 Å². The van der Waals surface area contributed by atoms with Gasteiger partial charge in [-0.05, 0) is 41.7 Å². The first-order valence-corrected chi connectivity index (χ1v) is 8.03. The molecular weight excluding hydrogens is 298 g/mol. The van der Waals surface area contributed by atoms with Crippen molar-refractivity contribution in [2.75, 3.05) is 0 Å². The number of aryl methyl sites for hydroxylation is 1. The molecule has 3 heteroatoms. The highest BCUT2D eigenvalue weighted by molar-refractivity contribution is 6.12. The van der Waals surface area contributed by atoms with Gasteiger partial charge in [0.25, 0.3) is 0 Å². The summed E-state index contributed by atoms with van der Waals surface area (Å²) in [5.41, 5.74) is 4.58. The van der Waals surface area contributed by atoms with Gasteiger partial charge in [0.05, 0.1) is 0 Å². The van der Waals surface area contributed by atoms with Crippen LogP contribution >= 0.6 is 0 Å². The van der Waals surface area contributed by atoms with Gasteiger partial charge in [-0.3, -0.25) is 0 Å². The number of carbonyl (C=O) groups is 1. The third-order valence-electron chi connectivity index (χ3n) is 4.00. The number of carbonyl (C=O) groups excluding carboxylic acids is 1. The lowest BCUT2D eigenvalue weighted by molar-refractivity contribution is -0.129. The van der Waals surface area contributed by atoms with Gasteiger partial charge in [0.15, 0.2) is 5.70 Å². The maximum absolute atomic E-state index is 12.1. The summed E-state index contributed by atoms with van der Waals surface area (Å²) in [5.74, 6) is -0.0527. The molecule has 0 saturated heterocycles. The van der Waals surface area contributed by atoms with Crippen molar-refractivity contribution >= 4 is 17.9 Å². The number of rotatable bonds is 2. The highest BCUT2D eigenvalue weighted by Crippen LogP contribution is 2.24. The fourth-order valence-electron chi connectivity index (χ4n) is 2.47. The van der Waals surface area contributed by atoms with E-state index in [4.69, 9.17) is 4.74 Å². The zero-order valence-corrected chi connectivity index (χ0v) is 14.5. The normalized spacial score (nSPS) is 16.2. The number of hydrogen-bond acceptors (Lipinski definition) is 3. The Morgan fingerprint density at radius 2 is 1.58 bits per heavy atom. The quantitative estimate of drug-likeness (QED) is 0.597. The molecule has 0 atom stereocenters. The minimum atomic E-state index is -0.412. The lowest BCUT2D eigenvalue weighted by Gasteiger charge is -2.18. The van der Waals surface area contributed by atoms with Gasteiger partial charge in [-0.15, -0.1) is 0 Å². The molecule has 122 valence electrons. The Bertz CT molecular complexity index is 820. The first-order valence-electron chi connectivity index (χ1n) is 8.03. The molecule has 0 bridgehead atoms. The van der Waals surface area contributed by atoms with E-state index in [9.17, 15) is 4.79 Å². The molecule has 0 spiro atoms. The second kappa shape index (κ2) is 6.08. The van der Waals surface area contributed by atoms with E-state index in [-0.39, 0.29) is 5.41 Å². The lowest BCUT2D eigenvalue weighted by atomic mass is 9.87. The highest BCUT2D eigenvalue weighted by Gasteiger charge is 2.24. The van der Waals surface area contributed by atoms with Crippen LogP contribution in [0.3, 0.4) is 0 Å². The standard InChI is InChI=1S/C21H21NO2/c1-14-5-9-16(10-6-14)19-22-18(20(23)24-19)13-15-7-11-17(12-8-15)21(2,3)4/h5-13H,1-4H3. The summed E-state index contributed by atoms with van der Waals surface area (Å²) < 4.78 is 5.29. The third kappa shape index (κ3) is 3.46. The van der Waals surface area contributed by atoms with Gasteiger partial charge in [-0.1, -0.05) is 62.7 Å².